The average molecular weight is 280 g/mol. The summed E-state index contributed by atoms with van der Waals surface area (Å²) >= 11 is 0. The quantitative estimate of drug-likeness (QED) is 0.783. The van der Waals surface area contributed by atoms with Crippen LogP contribution in [0.3, 0.4) is 0 Å². The Hall–Kier alpha value is -0.930. The Labute approximate surface area is 119 Å². The van der Waals surface area contributed by atoms with Crippen LogP contribution >= 0.6 is 0 Å². The summed E-state index contributed by atoms with van der Waals surface area (Å²) in [5.74, 6) is 0. The van der Waals surface area contributed by atoms with Gasteiger partial charge in [0.1, 0.15) is 0 Å². The molecule has 0 unspecified atom stereocenters. The van der Waals surface area contributed by atoms with Crippen LogP contribution in [0, 0.1) is 6.92 Å². The van der Waals surface area contributed by atoms with Crippen molar-refractivity contribution in [2.45, 2.75) is 50.8 Å². The molecule has 0 saturated carbocycles. The molecule has 0 amide bonds. The number of rotatable bonds is 8. The number of aliphatic hydroxyl groups is 1. The third kappa shape index (κ3) is 6.17. The van der Waals surface area contributed by atoms with Crippen LogP contribution in [0.2, 0.25) is 0 Å². The smallest absolute Gasteiger partial charge is 0.0775 e. The van der Waals surface area contributed by atoms with Crippen LogP contribution in [-0.4, -0.2) is 15.9 Å². The fourth-order valence-corrected chi connectivity index (χ4v) is 2.92. The van der Waals surface area contributed by atoms with E-state index in [1.54, 1.807) is 0 Å². The molecule has 0 saturated heterocycles. The monoisotopic (exact) mass is 280 g/mol. The summed E-state index contributed by atoms with van der Waals surface area (Å²) in [5.41, 5.74) is 2.38. The highest BCUT2D eigenvalue weighted by Gasteiger charge is 2.04. The third-order valence-electron chi connectivity index (χ3n) is 3.03. The molecule has 1 rings (SSSR count). The highest BCUT2D eigenvalue weighted by atomic mass is 32.2. The summed E-state index contributed by atoms with van der Waals surface area (Å²) in [7, 11) is -1.07. The van der Waals surface area contributed by atoms with Gasteiger partial charge in [-0.3, -0.25) is 0 Å². The fourth-order valence-electron chi connectivity index (χ4n) is 1.84. The van der Waals surface area contributed by atoms with Gasteiger partial charge in [-0.05, 0) is 44.7 Å². The second-order valence-corrected chi connectivity index (χ2v) is 6.12. The molecular weight excluding hydrogens is 256 g/mol. The van der Waals surface area contributed by atoms with Gasteiger partial charge in [0.2, 0.25) is 0 Å². The molecule has 0 aliphatic carbocycles. The molecule has 1 atom stereocenters. The van der Waals surface area contributed by atoms with Crippen LogP contribution in [0.1, 0.15) is 44.6 Å². The van der Waals surface area contributed by atoms with Crippen LogP contribution in [0.25, 0.3) is 0 Å². The van der Waals surface area contributed by atoms with Gasteiger partial charge in [0.15, 0.2) is 0 Å². The van der Waals surface area contributed by atoms with Gasteiger partial charge < -0.3 is 5.11 Å². The number of unbranched alkanes of at least 4 members (excludes halogenated alkanes) is 1. The largest absolute Gasteiger partial charge is 0.396 e. The van der Waals surface area contributed by atoms with Gasteiger partial charge in [-0.2, -0.15) is 0 Å². The lowest BCUT2D eigenvalue weighted by atomic mass is 10.1. The van der Waals surface area contributed by atoms with E-state index >= 15 is 0 Å². The maximum absolute atomic E-state index is 12.3. The van der Waals surface area contributed by atoms with Crippen molar-refractivity contribution in [3.63, 3.8) is 0 Å². The van der Waals surface area contributed by atoms with Crippen molar-refractivity contribution in [1.82, 2.24) is 0 Å². The molecule has 0 bridgehead atoms. The van der Waals surface area contributed by atoms with E-state index in [0.29, 0.717) is 0 Å². The second-order valence-electron chi connectivity index (χ2n) is 4.82. The van der Waals surface area contributed by atoms with Crippen LogP contribution in [0.15, 0.2) is 40.1 Å². The SMILES string of the molecule is CCCC/C(=C/[S@@](=O)c1ccc(C)cc1)CCCO. The van der Waals surface area contributed by atoms with Crippen molar-refractivity contribution in [3.8, 4) is 0 Å². The number of hydrogen-bond donors (Lipinski definition) is 1. The van der Waals surface area contributed by atoms with E-state index in [-0.39, 0.29) is 6.61 Å². The van der Waals surface area contributed by atoms with Gasteiger partial charge in [-0.1, -0.05) is 36.6 Å². The van der Waals surface area contributed by atoms with Crippen LogP contribution in [0.4, 0.5) is 0 Å². The summed E-state index contributed by atoms with van der Waals surface area (Å²) in [5, 5.41) is 10.8. The Morgan fingerprint density at radius 1 is 1.21 bits per heavy atom. The third-order valence-corrected chi connectivity index (χ3v) is 4.32. The Bertz CT molecular complexity index is 411. The lowest BCUT2D eigenvalue weighted by Gasteiger charge is -2.06. The zero-order valence-corrected chi connectivity index (χ0v) is 12.7. The molecule has 2 nitrogen and oxygen atoms in total. The number of aliphatic hydroxyl groups excluding tert-OH is 1. The molecule has 0 aliphatic rings. The molecule has 0 aliphatic heterocycles. The van der Waals surface area contributed by atoms with E-state index in [4.69, 9.17) is 5.11 Å². The van der Waals surface area contributed by atoms with Crippen LogP contribution < -0.4 is 0 Å². The number of hydrogen-bond acceptors (Lipinski definition) is 2. The minimum Gasteiger partial charge on any atom is -0.396 e. The molecule has 19 heavy (non-hydrogen) atoms. The first-order chi connectivity index (χ1) is 9.17. The highest BCUT2D eigenvalue weighted by molar-refractivity contribution is 7.88. The number of aryl methyl sites for hydroxylation is 1. The Morgan fingerprint density at radius 2 is 1.84 bits per heavy atom. The van der Waals surface area contributed by atoms with Gasteiger partial charge in [0.05, 0.1) is 10.8 Å². The summed E-state index contributed by atoms with van der Waals surface area (Å²) < 4.78 is 12.3. The first-order valence-electron chi connectivity index (χ1n) is 6.95. The Kier molecular flexibility index (Phi) is 7.68. The highest BCUT2D eigenvalue weighted by Crippen LogP contribution is 2.18. The summed E-state index contributed by atoms with van der Waals surface area (Å²) in [6.45, 7) is 4.37. The zero-order valence-electron chi connectivity index (χ0n) is 11.9. The lowest BCUT2D eigenvalue weighted by molar-refractivity contribution is 0.288. The number of allylic oxidation sites excluding steroid dienone is 1. The van der Waals surface area contributed by atoms with Gasteiger partial charge in [-0.15, -0.1) is 0 Å². The Balaban J connectivity index is 2.75. The molecule has 0 radical (unpaired) electrons. The fraction of sp³-hybridized carbons (Fsp3) is 0.500. The van der Waals surface area contributed by atoms with Crippen LogP contribution in [0.5, 0.6) is 0 Å². The van der Waals surface area contributed by atoms with E-state index in [0.717, 1.165) is 37.0 Å². The maximum atomic E-state index is 12.3. The molecule has 106 valence electrons. The molecule has 0 aromatic heterocycles. The maximum Gasteiger partial charge on any atom is 0.0775 e. The van der Waals surface area contributed by atoms with E-state index in [1.807, 2.05) is 36.6 Å². The average Bonchev–Trinajstić information content (AvgIpc) is 2.42. The second kappa shape index (κ2) is 9.05. The molecule has 0 spiro atoms. The standard InChI is InChI=1S/C16H24O2S/c1-3-4-6-15(7-5-12-17)13-19(18)16-10-8-14(2)9-11-16/h8-11,13,17H,3-7,12H2,1-2H3/b15-13-/t19-/m1/s1. The van der Waals surface area contributed by atoms with E-state index in [2.05, 4.69) is 6.92 Å². The van der Waals surface area contributed by atoms with Gasteiger partial charge in [0.25, 0.3) is 0 Å². The predicted octanol–water partition coefficient (Wildman–Crippen LogP) is 3.95. The predicted molar refractivity (Wildman–Crippen MR) is 81.5 cm³/mol. The van der Waals surface area contributed by atoms with Crippen molar-refractivity contribution in [2.24, 2.45) is 0 Å². The van der Waals surface area contributed by atoms with E-state index < -0.39 is 10.8 Å². The molecule has 1 aromatic carbocycles. The first kappa shape index (κ1) is 16.1. The first-order valence-corrected chi connectivity index (χ1v) is 8.16. The van der Waals surface area contributed by atoms with Gasteiger partial charge in [0, 0.05) is 16.9 Å². The lowest BCUT2D eigenvalue weighted by Crippen LogP contribution is -1.93. The summed E-state index contributed by atoms with van der Waals surface area (Å²) in [6, 6.07) is 7.82. The minimum atomic E-state index is -1.07. The van der Waals surface area contributed by atoms with Crippen molar-refractivity contribution in [3.05, 3.63) is 40.8 Å². The molecule has 0 heterocycles. The topological polar surface area (TPSA) is 37.3 Å². The van der Waals surface area contributed by atoms with Gasteiger partial charge >= 0.3 is 0 Å². The normalized spacial score (nSPS) is 13.5. The molecule has 1 N–H and O–H groups in total. The van der Waals surface area contributed by atoms with Crippen molar-refractivity contribution < 1.29 is 9.32 Å². The van der Waals surface area contributed by atoms with E-state index in [1.165, 1.54) is 11.1 Å². The molecular formula is C16H24O2S. The summed E-state index contributed by atoms with van der Waals surface area (Å²) in [6.07, 6.45) is 4.82. The summed E-state index contributed by atoms with van der Waals surface area (Å²) in [4.78, 5) is 0.851. The van der Waals surface area contributed by atoms with E-state index in [9.17, 15) is 4.21 Å². The van der Waals surface area contributed by atoms with Crippen LogP contribution in [-0.2, 0) is 10.8 Å². The Morgan fingerprint density at radius 3 is 2.42 bits per heavy atom. The van der Waals surface area contributed by atoms with Crippen molar-refractivity contribution >= 4 is 10.8 Å². The molecule has 1 aromatic rings. The minimum absolute atomic E-state index is 0.195. The molecule has 0 fully saturated rings. The van der Waals surface area contributed by atoms with Crippen molar-refractivity contribution in [2.75, 3.05) is 6.61 Å². The van der Waals surface area contributed by atoms with Gasteiger partial charge in [-0.25, -0.2) is 4.21 Å². The number of benzene rings is 1. The van der Waals surface area contributed by atoms with Crippen molar-refractivity contribution in [1.29, 1.82) is 0 Å². The zero-order chi connectivity index (χ0) is 14.1. The molecule has 3 heteroatoms.